The van der Waals surface area contributed by atoms with Gasteiger partial charge in [0.15, 0.2) is 5.82 Å². The Kier molecular flexibility index (Phi) is 3.76. The standard InChI is InChI=1S/C18H22N6O2/c25-17(14-9-20-24-5-2-6-26-18(14)24)19-8-12-10-23(11-12)16-7-13-3-1-4-15(13)21-22-16/h7,9,12H,1-6,8,10-11H2,(H,19,25). The lowest BCUT2D eigenvalue weighted by Crippen LogP contribution is -2.52. The van der Waals surface area contributed by atoms with Crippen molar-refractivity contribution in [3.63, 3.8) is 0 Å². The zero-order valence-electron chi connectivity index (χ0n) is 14.6. The number of aryl methyl sites for hydroxylation is 3. The molecule has 0 aromatic carbocycles. The summed E-state index contributed by atoms with van der Waals surface area (Å²) < 4.78 is 7.35. The Bertz CT molecular complexity index is 842. The van der Waals surface area contributed by atoms with Gasteiger partial charge in [-0.1, -0.05) is 0 Å². The number of amides is 1. The Morgan fingerprint density at radius 2 is 2.19 bits per heavy atom. The molecule has 1 saturated heterocycles. The lowest BCUT2D eigenvalue weighted by Gasteiger charge is -2.40. The Morgan fingerprint density at radius 3 is 3.12 bits per heavy atom. The van der Waals surface area contributed by atoms with Crippen LogP contribution in [0, 0.1) is 5.92 Å². The minimum absolute atomic E-state index is 0.107. The highest BCUT2D eigenvalue weighted by atomic mass is 16.5. The SMILES string of the molecule is O=C(NCC1CN(c2cc3c(nn2)CCC3)C1)c1cnn2c1OCCC2. The molecule has 2 aromatic heterocycles. The van der Waals surface area contributed by atoms with Crippen molar-refractivity contribution in [2.24, 2.45) is 5.92 Å². The lowest BCUT2D eigenvalue weighted by atomic mass is 10.00. The van der Waals surface area contributed by atoms with Crippen molar-refractivity contribution in [3.8, 4) is 5.88 Å². The second-order valence-electron chi connectivity index (χ2n) is 7.30. The molecule has 0 bridgehead atoms. The monoisotopic (exact) mass is 354 g/mol. The molecule has 2 aliphatic heterocycles. The topological polar surface area (TPSA) is 85.2 Å². The summed E-state index contributed by atoms with van der Waals surface area (Å²) in [6.07, 6.45) is 5.88. The normalized spacial score (nSPS) is 18.7. The molecule has 0 spiro atoms. The molecule has 1 N–H and O–H groups in total. The van der Waals surface area contributed by atoms with E-state index in [1.807, 2.05) is 0 Å². The molecule has 5 rings (SSSR count). The Labute approximate surface area is 151 Å². The van der Waals surface area contributed by atoms with E-state index >= 15 is 0 Å². The molecule has 0 atom stereocenters. The number of anilines is 1. The van der Waals surface area contributed by atoms with Crippen LogP contribution in [0.4, 0.5) is 5.82 Å². The van der Waals surface area contributed by atoms with Crippen molar-refractivity contribution in [2.45, 2.75) is 32.2 Å². The lowest BCUT2D eigenvalue weighted by molar-refractivity contribution is 0.0938. The predicted molar refractivity (Wildman–Crippen MR) is 94.4 cm³/mol. The van der Waals surface area contributed by atoms with Gasteiger partial charge in [0.2, 0.25) is 5.88 Å². The summed E-state index contributed by atoms with van der Waals surface area (Å²) >= 11 is 0. The molecule has 1 fully saturated rings. The zero-order valence-corrected chi connectivity index (χ0v) is 14.6. The fraction of sp³-hybridized carbons (Fsp3) is 0.556. The summed E-state index contributed by atoms with van der Waals surface area (Å²) in [5, 5.41) is 15.9. The maximum Gasteiger partial charge on any atom is 0.258 e. The van der Waals surface area contributed by atoms with E-state index in [-0.39, 0.29) is 5.91 Å². The van der Waals surface area contributed by atoms with E-state index in [4.69, 9.17) is 4.74 Å². The van der Waals surface area contributed by atoms with E-state index in [1.165, 1.54) is 12.0 Å². The fourth-order valence-corrected chi connectivity index (χ4v) is 3.91. The van der Waals surface area contributed by atoms with Crippen LogP contribution in [-0.2, 0) is 19.4 Å². The van der Waals surface area contributed by atoms with E-state index in [2.05, 4.69) is 31.6 Å². The van der Waals surface area contributed by atoms with Crippen molar-refractivity contribution < 1.29 is 9.53 Å². The quantitative estimate of drug-likeness (QED) is 0.875. The van der Waals surface area contributed by atoms with Gasteiger partial charge in [-0.15, -0.1) is 5.10 Å². The first-order valence-corrected chi connectivity index (χ1v) is 9.35. The van der Waals surface area contributed by atoms with E-state index in [0.29, 0.717) is 30.5 Å². The number of hydrogen-bond donors (Lipinski definition) is 1. The molecule has 0 radical (unpaired) electrons. The van der Waals surface area contributed by atoms with Gasteiger partial charge in [-0.2, -0.15) is 10.2 Å². The first-order chi connectivity index (χ1) is 12.8. The van der Waals surface area contributed by atoms with E-state index in [9.17, 15) is 4.79 Å². The van der Waals surface area contributed by atoms with Gasteiger partial charge in [0, 0.05) is 38.5 Å². The van der Waals surface area contributed by atoms with Crippen molar-refractivity contribution in [2.75, 3.05) is 31.1 Å². The summed E-state index contributed by atoms with van der Waals surface area (Å²) in [4.78, 5) is 14.7. The Hall–Kier alpha value is -2.64. The molecule has 0 saturated carbocycles. The molecular weight excluding hydrogens is 332 g/mol. The van der Waals surface area contributed by atoms with Gasteiger partial charge in [0.05, 0.1) is 18.5 Å². The Balaban J connectivity index is 1.15. The summed E-state index contributed by atoms with van der Waals surface area (Å²) in [5.41, 5.74) is 3.04. The number of ether oxygens (including phenoxy) is 1. The van der Waals surface area contributed by atoms with Gasteiger partial charge >= 0.3 is 0 Å². The molecular formula is C18H22N6O2. The summed E-state index contributed by atoms with van der Waals surface area (Å²) in [7, 11) is 0. The van der Waals surface area contributed by atoms with Gasteiger partial charge in [-0.25, -0.2) is 4.68 Å². The molecule has 0 unspecified atom stereocenters. The molecule has 2 aromatic rings. The summed E-state index contributed by atoms with van der Waals surface area (Å²) in [5.74, 6) is 1.88. The second kappa shape index (κ2) is 6.26. The molecule has 26 heavy (non-hydrogen) atoms. The summed E-state index contributed by atoms with van der Waals surface area (Å²) in [6, 6.07) is 2.18. The van der Waals surface area contributed by atoms with Crippen molar-refractivity contribution in [3.05, 3.63) is 29.1 Å². The third kappa shape index (κ3) is 2.69. The van der Waals surface area contributed by atoms with Gasteiger partial charge in [0.25, 0.3) is 5.91 Å². The number of nitrogens with zero attached hydrogens (tertiary/aromatic N) is 5. The van der Waals surface area contributed by atoms with E-state index in [0.717, 1.165) is 50.4 Å². The smallest absolute Gasteiger partial charge is 0.258 e. The molecule has 3 aliphatic rings. The van der Waals surface area contributed by atoms with Crippen LogP contribution < -0.4 is 15.0 Å². The first-order valence-electron chi connectivity index (χ1n) is 9.35. The van der Waals surface area contributed by atoms with Gasteiger partial charge in [0.1, 0.15) is 5.56 Å². The number of rotatable bonds is 4. The van der Waals surface area contributed by atoms with Gasteiger partial charge in [-0.3, -0.25) is 4.79 Å². The first kappa shape index (κ1) is 15.6. The second-order valence-corrected chi connectivity index (χ2v) is 7.30. The third-order valence-electron chi connectivity index (χ3n) is 5.43. The van der Waals surface area contributed by atoms with E-state index in [1.54, 1.807) is 10.9 Å². The number of hydrogen-bond acceptors (Lipinski definition) is 6. The molecule has 1 aliphatic carbocycles. The van der Waals surface area contributed by atoms with Crippen molar-refractivity contribution in [1.29, 1.82) is 0 Å². The van der Waals surface area contributed by atoms with Crippen molar-refractivity contribution in [1.82, 2.24) is 25.3 Å². The Morgan fingerprint density at radius 1 is 1.27 bits per heavy atom. The van der Waals surface area contributed by atoms with Crippen LogP contribution >= 0.6 is 0 Å². The summed E-state index contributed by atoms with van der Waals surface area (Å²) in [6.45, 7) is 3.90. The molecule has 8 nitrogen and oxygen atoms in total. The molecule has 1 amide bonds. The van der Waals surface area contributed by atoms with Crippen LogP contribution in [-0.4, -0.2) is 52.1 Å². The third-order valence-corrected chi connectivity index (χ3v) is 5.43. The van der Waals surface area contributed by atoms with Crippen LogP contribution in [0.3, 0.4) is 0 Å². The zero-order chi connectivity index (χ0) is 17.5. The number of nitrogens with one attached hydrogen (secondary N) is 1. The highest BCUT2D eigenvalue weighted by Gasteiger charge is 2.30. The van der Waals surface area contributed by atoms with Gasteiger partial charge in [-0.05, 0) is 30.9 Å². The highest BCUT2D eigenvalue weighted by Crippen LogP contribution is 2.27. The van der Waals surface area contributed by atoms with Crippen LogP contribution in [0.25, 0.3) is 0 Å². The maximum absolute atomic E-state index is 12.4. The molecule has 8 heteroatoms. The minimum Gasteiger partial charge on any atom is -0.477 e. The van der Waals surface area contributed by atoms with Crippen LogP contribution in [0.15, 0.2) is 12.3 Å². The largest absolute Gasteiger partial charge is 0.477 e. The van der Waals surface area contributed by atoms with Crippen LogP contribution in [0.1, 0.15) is 34.5 Å². The average molecular weight is 354 g/mol. The van der Waals surface area contributed by atoms with Crippen molar-refractivity contribution >= 4 is 11.7 Å². The van der Waals surface area contributed by atoms with Gasteiger partial charge < -0.3 is 15.0 Å². The fourth-order valence-electron chi connectivity index (χ4n) is 3.91. The number of aromatic nitrogens is 4. The van der Waals surface area contributed by atoms with Crippen LogP contribution in [0.2, 0.25) is 0 Å². The van der Waals surface area contributed by atoms with E-state index < -0.39 is 0 Å². The number of carbonyl (C=O) groups is 1. The molecule has 4 heterocycles. The predicted octanol–water partition coefficient (Wildman–Crippen LogP) is 0.810. The number of fused-ring (bicyclic) bond motifs is 2. The highest BCUT2D eigenvalue weighted by molar-refractivity contribution is 5.96. The maximum atomic E-state index is 12.4. The van der Waals surface area contributed by atoms with Crippen LogP contribution in [0.5, 0.6) is 5.88 Å². The minimum atomic E-state index is -0.107. The average Bonchev–Trinajstić information content (AvgIpc) is 3.26. The number of carbonyl (C=O) groups excluding carboxylic acids is 1. The molecule has 136 valence electrons.